The zero-order valence-electron chi connectivity index (χ0n) is 10.6. The molecule has 0 N–H and O–H groups in total. The van der Waals surface area contributed by atoms with Crippen molar-refractivity contribution in [3.8, 4) is 0 Å². The highest BCUT2D eigenvalue weighted by Crippen LogP contribution is 2.37. The van der Waals surface area contributed by atoms with Crippen LogP contribution in [0.5, 0.6) is 0 Å². The van der Waals surface area contributed by atoms with Crippen molar-refractivity contribution < 1.29 is 9.18 Å². The summed E-state index contributed by atoms with van der Waals surface area (Å²) in [5.74, 6) is -0.0865. The SMILES string of the molecule is O=C(c1cc(F)cnc1Cl)N1CCC2CCCCC21. The van der Waals surface area contributed by atoms with Crippen LogP contribution in [-0.2, 0) is 0 Å². The van der Waals surface area contributed by atoms with Gasteiger partial charge in [-0.2, -0.15) is 0 Å². The van der Waals surface area contributed by atoms with Gasteiger partial charge >= 0.3 is 0 Å². The summed E-state index contributed by atoms with van der Waals surface area (Å²) in [4.78, 5) is 18.1. The molecule has 0 aromatic carbocycles. The molecule has 3 rings (SSSR count). The number of amides is 1. The van der Waals surface area contributed by atoms with Crippen molar-refractivity contribution in [2.45, 2.75) is 38.1 Å². The molecule has 3 nitrogen and oxygen atoms in total. The van der Waals surface area contributed by atoms with Crippen molar-refractivity contribution in [2.75, 3.05) is 6.54 Å². The molecule has 0 spiro atoms. The van der Waals surface area contributed by atoms with Crippen molar-refractivity contribution in [3.63, 3.8) is 0 Å². The molecule has 2 atom stereocenters. The van der Waals surface area contributed by atoms with Crippen LogP contribution < -0.4 is 0 Å². The third-order valence-corrected chi connectivity index (χ3v) is 4.61. The van der Waals surface area contributed by atoms with Gasteiger partial charge in [0, 0.05) is 12.6 Å². The summed E-state index contributed by atoms with van der Waals surface area (Å²) in [6, 6.07) is 1.49. The van der Waals surface area contributed by atoms with E-state index in [0.717, 1.165) is 25.6 Å². The highest BCUT2D eigenvalue weighted by molar-refractivity contribution is 6.32. The van der Waals surface area contributed by atoms with Crippen molar-refractivity contribution in [1.82, 2.24) is 9.88 Å². The first-order valence-corrected chi connectivity index (χ1v) is 7.16. The topological polar surface area (TPSA) is 33.2 Å². The van der Waals surface area contributed by atoms with Gasteiger partial charge in [-0.05, 0) is 31.2 Å². The van der Waals surface area contributed by atoms with E-state index in [1.54, 1.807) is 0 Å². The first kappa shape index (κ1) is 12.9. The number of fused-ring (bicyclic) bond motifs is 1. The van der Waals surface area contributed by atoms with Crippen LogP contribution in [0.3, 0.4) is 0 Å². The molecule has 1 saturated heterocycles. The lowest BCUT2D eigenvalue weighted by Crippen LogP contribution is -2.39. The lowest BCUT2D eigenvalue weighted by molar-refractivity contribution is 0.0689. The zero-order valence-corrected chi connectivity index (χ0v) is 11.4. The maximum atomic E-state index is 13.2. The molecule has 5 heteroatoms. The molecular formula is C14H16ClFN2O. The Labute approximate surface area is 116 Å². The Morgan fingerprint density at radius 3 is 3.00 bits per heavy atom. The first-order valence-electron chi connectivity index (χ1n) is 6.79. The number of rotatable bonds is 1. The fourth-order valence-electron chi connectivity index (χ4n) is 3.39. The monoisotopic (exact) mass is 282 g/mol. The minimum Gasteiger partial charge on any atom is -0.335 e. The van der Waals surface area contributed by atoms with Crippen LogP contribution in [0.25, 0.3) is 0 Å². The molecule has 1 aromatic heterocycles. The Hall–Kier alpha value is -1.16. The zero-order chi connectivity index (χ0) is 13.4. The lowest BCUT2D eigenvalue weighted by atomic mass is 9.85. The third kappa shape index (κ3) is 2.34. The number of hydrogen-bond donors (Lipinski definition) is 0. The Morgan fingerprint density at radius 2 is 2.16 bits per heavy atom. The molecule has 2 fully saturated rings. The van der Waals surface area contributed by atoms with Gasteiger partial charge in [0.2, 0.25) is 0 Å². The average Bonchev–Trinajstić information content (AvgIpc) is 2.84. The van der Waals surface area contributed by atoms with Crippen LogP contribution in [0, 0.1) is 11.7 Å². The standard InChI is InChI=1S/C14H16ClFN2O/c15-13-11(7-10(16)8-17-13)14(19)18-6-5-9-3-1-2-4-12(9)18/h7-9,12H,1-6H2. The molecule has 1 amide bonds. The lowest BCUT2D eigenvalue weighted by Gasteiger charge is -2.31. The number of likely N-dealkylation sites (tertiary alicyclic amines) is 1. The van der Waals surface area contributed by atoms with E-state index >= 15 is 0 Å². The highest BCUT2D eigenvalue weighted by Gasteiger charge is 2.39. The Kier molecular flexibility index (Phi) is 3.44. The van der Waals surface area contributed by atoms with Gasteiger partial charge in [0.25, 0.3) is 5.91 Å². The summed E-state index contributed by atoms with van der Waals surface area (Å²) in [6.07, 6.45) is 6.76. The van der Waals surface area contributed by atoms with Crippen LogP contribution in [0.15, 0.2) is 12.3 Å². The van der Waals surface area contributed by atoms with Gasteiger partial charge < -0.3 is 4.90 Å². The van der Waals surface area contributed by atoms with Gasteiger partial charge in [0.15, 0.2) is 0 Å². The normalized spacial score (nSPS) is 26.3. The van der Waals surface area contributed by atoms with Crippen LogP contribution in [0.2, 0.25) is 5.15 Å². The molecule has 1 aromatic rings. The molecule has 2 heterocycles. The van der Waals surface area contributed by atoms with Gasteiger partial charge in [0.05, 0.1) is 11.8 Å². The van der Waals surface area contributed by atoms with E-state index in [4.69, 9.17) is 11.6 Å². The van der Waals surface area contributed by atoms with Crippen molar-refractivity contribution >= 4 is 17.5 Å². The number of carbonyl (C=O) groups excluding carboxylic acids is 1. The van der Waals surface area contributed by atoms with Crippen molar-refractivity contribution in [3.05, 3.63) is 28.8 Å². The third-order valence-electron chi connectivity index (χ3n) is 4.31. The quantitative estimate of drug-likeness (QED) is 0.741. The number of aromatic nitrogens is 1. The van der Waals surface area contributed by atoms with E-state index in [9.17, 15) is 9.18 Å². The number of pyridine rings is 1. The van der Waals surface area contributed by atoms with E-state index in [-0.39, 0.29) is 16.6 Å². The first-order chi connectivity index (χ1) is 9.16. The van der Waals surface area contributed by atoms with Crippen LogP contribution in [0.4, 0.5) is 4.39 Å². The fraction of sp³-hybridized carbons (Fsp3) is 0.571. The average molecular weight is 283 g/mol. The number of carbonyl (C=O) groups is 1. The maximum absolute atomic E-state index is 13.2. The molecule has 1 aliphatic carbocycles. The molecule has 102 valence electrons. The Balaban J connectivity index is 1.85. The second kappa shape index (κ2) is 5.08. The summed E-state index contributed by atoms with van der Waals surface area (Å²) in [5, 5.41) is 0.0886. The molecule has 0 bridgehead atoms. The smallest absolute Gasteiger partial charge is 0.257 e. The molecule has 1 saturated carbocycles. The molecule has 2 unspecified atom stereocenters. The van der Waals surface area contributed by atoms with Gasteiger partial charge in [0.1, 0.15) is 11.0 Å². The van der Waals surface area contributed by atoms with Crippen LogP contribution >= 0.6 is 11.6 Å². The molecular weight excluding hydrogens is 267 g/mol. The minimum absolute atomic E-state index is 0.0886. The van der Waals surface area contributed by atoms with Gasteiger partial charge in [-0.15, -0.1) is 0 Å². The predicted molar refractivity (Wildman–Crippen MR) is 70.6 cm³/mol. The highest BCUT2D eigenvalue weighted by atomic mass is 35.5. The summed E-state index contributed by atoms with van der Waals surface area (Å²) >= 11 is 5.92. The second-order valence-electron chi connectivity index (χ2n) is 5.39. The second-order valence-corrected chi connectivity index (χ2v) is 5.75. The fourth-order valence-corrected chi connectivity index (χ4v) is 3.57. The largest absolute Gasteiger partial charge is 0.335 e. The van der Waals surface area contributed by atoms with Gasteiger partial charge in [-0.25, -0.2) is 9.37 Å². The molecule has 19 heavy (non-hydrogen) atoms. The Bertz CT molecular complexity index is 508. The van der Waals surface area contributed by atoms with Crippen LogP contribution in [-0.4, -0.2) is 28.4 Å². The maximum Gasteiger partial charge on any atom is 0.257 e. The van der Waals surface area contributed by atoms with Gasteiger partial charge in [-0.3, -0.25) is 4.79 Å². The Morgan fingerprint density at radius 1 is 1.37 bits per heavy atom. The van der Waals surface area contributed by atoms with E-state index in [1.807, 2.05) is 4.90 Å². The van der Waals surface area contributed by atoms with E-state index < -0.39 is 5.82 Å². The molecule has 2 aliphatic rings. The summed E-state index contributed by atoms with van der Waals surface area (Å²) < 4.78 is 13.2. The van der Waals surface area contributed by atoms with E-state index in [1.165, 1.54) is 25.3 Å². The van der Waals surface area contributed by atoms with Crippen molar-refractivity contribution in [1.29, 1.82) is 0 Å². The molecule has 1 aliphatic heterocycles. The van der Waals surface area contributed by atoms with E-state index in [0.29, 0.717) is 12.0 Å². The van der Waals surface area contributed by atoms with Crippen molar-refractivity contribution in [2.24, 2.45) is 5.92 Å². The van der Waals surface area contributed by atoms with E-state index in [2.05, 4.69) is 4.98 Å². The number of halogens is 2. The number of hydrogen-bond acceptors (Lipinski definition) is 2. The molecule has 0 radical (unpaired) electrons. The van der Waals surface area contributed by atoms with Gasteiger partial charge in [-0.1, -0.05) is 24.4 Å². The summed E-state index contributed by atoms with van der Waals surface area (Å²) in [5.41, 5.74) is 0.188. The number of nitrogens with zero attached hydrogens (tertiary/aromatic N) is 2. The summed E-state index contributed by atoms with van der Waals surface area (Å²) in [7, 11) is 0. The predicted octanol–water partition coefficient (Wildman–Crippen LogP) is 3.28. The summed E-state index contributed by atoms with van der Waals surface area (Å²) in [6.45, 7) is 0.751. The minimum atomic E-state index is -0.521. The van der Waals surface area contributed by atoms with Crippen LogP contribution in [0.1, 0.15) is 42.5 Å².